The fraction of sp³-hybridized carbons (Fsp3) is 0.321. The molecule has 0 aromatic carbocycles. The lowest BCUT2D eigenvalue weighted by molar-refractivity contribution is 0.300. The molecule has 0 N–H and O–H groups in total. The highest BCUT2D eigenvalue weighted by Crippen LogP contribution is 2.51. The van der Waals surface area contributed by atoms with Crippen molar-refractivity contribution in [3.8, 4) is 0 Å². The summed E-state index contributed by atoms with van der Waals surface area (Å²) in [4.78, 5) is 5.79. The number of rotatable bonds is 6. The molecule has 2 heterocycles. The van der Waals surface area contributed by atoms with Crippen LogP contribution in [-0.4, -0.2) is 10.1 Å². The van der Waals surface area contributed by atoms with Crippen molar-refractivity contribution in [1.29, 1.82) is 0 Å². The van der Waals surface area contributed by atoms with E-state index in [1.807, 2.05) is 0 Å². The molecule has 0 spiro atoms. The monoisotopic (exact) mass is 803 g/mol. The fourth-order valence-corrected chi connectivity index (χ4v) is 14.9. The van der Waals surface area contributed by atoms with E-state index in [-0.39, 0.29) is 0 Å². The molecule has 294 valence electrons. The predicted octanol–water partition coefficient (Wildman–Crippen LogP) is 12.9. The summed E-state index contributed by atoms with van der Waals surface area (Å²) in [5, 5.41) is 2.08. The highest BCUT2D eigenvalue weighted by molar-refractivity contribution is 8.04. The lowest BCUT2D eigenvalue weighted by atomic mass is 9.64. The Labute approximate surface area is 358 Å². The fourth-order valence-electron chi connectivity index (χ4n) is 12.0. The van der Waals surface area contributed by atoms with Crippen LogP contribution in [0, 0.1) is 35.5 Å². The number of hydrogen-bond donors (Lipinski definition) is 0. The molecule has 0 saturated heterocycles. The number of thioether (sulfide) groups is 1. The van der Waals surface area contributed by atoms with Gasteiger partial charge in [-0.1, -0.05) is 134 Å². The van der Waals surface area contributed by atoms with Gasteiger partial charge in [0.05, 0.1) is 4.53 Å². The van der Waals surface area contributed by atoms with Crippen molar-refractivity contribution in [2.24, 2.45) is 35.5 Å². The molecule has 3 heteroatoms. The van der Waals surface area contributed by atoms with Crippen LogP contribution in [0.25, 0.3) is 17.3 Å². The number of fused-ring (bicyclic) bond motifs is 7. The molecule has 12 rings (SSSR count). The van der Waals surface area contributed by atoms with Gasteiger partial charge in [-0.25, -0.2) is 0 Å². The van der Waals surface area contributed by atoms with Crippen molar-refractivity contribution >= 4 is 40.4 Å². The molecule has 0 amide bonds. The smallest absolute Gasteiger partial charge is 0.0547 e. The standard InChI is InChI=1S/C56H53NS2/c1-2-13-38(14-3-1)42-21-11-23-48-49-24-12-25-52(56(49)59-55(42)48)57(40-30-27-36(28-31-40)39-29-34-54-50(35-39)47-20-8-9-26-53(47)58-54)51-33-32-45(44-18-6-7-19-46(44)51)43-22-10-16-37-15-4-5-17-41(37)43/h2,4,6-7,9-10,13-16,18-19,21-22,24,26-27,29-36,41,43-45,50,54H,1,3,5,8,11-12,17,20,23,25,28H2/t36?,41?,43?,44?,45-,50?,54?/m1/s1. The van der Waals surface area contributed by atoms with Crippen LogP contribution in [0.1, 0.15) is 74.6 Å². The third kappa shape index (κ3) is 6.25. The van der Waals surface area contributed by atoms with E-state index in [1.165, 1.54) is 90.2 Å². The van der Waals surface area contributed by atoms with E-state index in [4.69, 9.17) is 0 Å². The Morgan fingerprint density at radius 2 is 1.59 bits per heavy atom. The lowest BCUT2D eigenvalue weighted by Crippen LogP contribution is -2.37. The van der Waals surface area contributed by atoms with E-state index in [0.717, 1.165) is 44.9 Å². The Morgan fingerprint density at radius 3 is 2.53 bits per heavy atom. The maximum atomic E-state index is 2.74. The van der Waals surface area contributed by atoms with Gasteiger partial charge >= 0.3 is 0 Å². The first-order valence-corrected chi connectivity index (χ1v) is 24.4. The minimum absolute atomic E-state index is 0.346. The third-order valence-corrected chi connectivity index (χ3v) is 17.5. The van der Waals surface area contributed by atoms with Crippen molar-refractivity contribution in [3.05, 3.63) is 204 Å². The predicted molar refractivity (Wildman–Crippen MR) is 252 cm³/mol. The first-order valence-electron chi connectivity index (χ1n) is 22.7. The quantitative estimate of drug-likeness (QED) is 0.282. The lowest BCUT2D eigenvalue weighted by Gasteiger charge is -2.42. The Morgan fingerprint density at radius 1 is 0.644 bits per heavy atom. The zero-order valence-electron chi connectivity index (χ0n) is 33.9. The molecule has 10 aliphatic carbocycles. The van der Waals surface area contributed by atoms with Crippen molar-refractivity contribution in [3.63, 3.8) is 0 Å². The van der Waals surface area contributed by atoms with Crippen molar-refractivity contribution in [2.75, 3.05) is 0 Å². The van der Waals surface area contributed by atoms with Crippen LogP contribution in [0.2, 0.25) is 0 Å². The van der Waals surface area contributed by atoms with Gasteiger partial charge in [-0.05, 0) is 145 Å². The molecule has 0 fully saturated rings. The number of thiophene rings is 1. The average molecular weight is 804 g/mol. The minimum Gasteiger partial charge on any atom is -0.313 e. The Kier molecular flexibility index (Phi) is 9.33. The SMILES string of the molecule is C1=CC2=C(N(C3=CCC(C4=CC5C6=C(C=CCC6)SC5C=C4)C=C3)C3=c4sc5c(c4=CCC3)CCC=C5C3=CCCC=C3)C=C[C@H](C3C=CC=C4C=CCCC43)C2C=C1. The minimum atomic E-state index is 0.346. The topological polar surface area (TPSA) is 3.24 Å². The normalized spacial score (nSPS) is 32.0. The first kappa shape index (κ1) is 36.3. The second-order valence-electron chi connectivity index (χ2n) is 18.0. The van der Waals surface area contributed by atoms with Crippen LogP contribution >= 0.6 is 23.1 Å². The zero-order chi connectivity index (χ0) is 38.9. The van der Waals surface area contributed by atoms with E-state index in [0.29, 0.717) is 40.8 Å². The zero-order valence-corrected chi connectivity index (χ0v) is 35.6. The van der Waals surface area contributed by atoms with Crippen molar-refractivity contribution in [2.45, 2.75) is 75.9 Å². The Bertz CT molecular complexity index is 2650. The third-order valence-electron chi connectivity index (χ3n) is 14.8. The van der Waals surface area contributed by atoms with Crippen LogP contribution < -0.4 is 9.75 Å². The summed E-state index contributed by atoms with van der Waals surface area (Å²) >= 11 is 4.15. The van der Waals surface area contributed by atoms with Crippen LogP contribution in [0.3, 0.4) is 0 Å². The average Bonchev–Trinajstić information content (AvgIpc) is 3.88. The largest absolute Gasteiger partial charge is 0.313 e. The van der Waals surface area contributed by atoms with Crippen LogP contribution in [0.15, 0.2) is 184 Å². The van der Waals surface area contributed by atoms with Gasteiger partial charge in [0.15, 0.2) is 0 Å². The summed E-state index contributed by atoms with van der Waals surface area (Å²) in [7, 11) is 0. The van der Waals surface area contributed by atoms with Gasteiger partial charge in [-0.15, -0.1) is 23.1 Å². The van der Waals surface area contributed by atoms with Gasteiger partial charge in [0, 0.05) is 49.9 Å². The number of hydrogen-bond acceptors (Lipinski definition) is 3. The maximum absolute atomic E-state index is 2.74. The maximum Gasteiger partial charge on any atom is 0.0547 e. The van der Waals surface area contributed by atoms with E-state index in [1.54, 1.807) is 11.1 Å². The molecule has 0 saturated carbocycles. The second-order valence-corrected chi connectivity index (χ2v) is 20.3. The number of nitrogens with zero attached hydrogens (tertiary/aromatic N) is 1. The first-order chi connectivity index (χ1) is 29.3. The molecule has 1 nitrogen and oxygen atoms in total. The van der Waals surface area contributed by atoms with Crippen LogP contribution in [0.5, 0.6) is 0 Å². The van der Waals surface area contributed by atoms with E-state index in [2.05, 4.69) is 174 Å². The summed E-state index contributed by atoms with van der Waals surface area (Å²) in [6, 6.07) is 0. The molecule has 6 unspecified atom stereocenters. The van der Waals surface area contributed by atoms with Crippen LogP contribution in [0.4, 0.5) is 0 Å². The van der Waals surface area contributed by atoms with Crippen LogP contribution in [-0.2, 0) is 6.42 Å². The molecule has 1 aliphatic heterocycles. The van der Waals surface area contributed by atoms with Gasteiger partial charge in [-0.3, -0.25) is 0 Å². The van der Waals surface area contributed by atoms with Gasteiger partial charge < -0.3 is 4.90 Å². The summed E-state index contributed by atoms with van der Waals surface area (Å²) in [6.07, 6.45) is 71.6. The molecular weight excluding hydrogens is 751 g/mol. The van der Waals surface area contributed by atoms with E-state index >= 15 is 0 Å². The molecular formula is C56H53NS2. The van der Waals surface area contributed by atoms with Gasteiger partial charge in [-0.2, -0.15) is 0 Å². The second kappa shape index (κ2) is 15.2. The summed E-state index contributed by atoms with van der Waals surface area (Å²) in [5.41, 5.74) is 14.9. The molecule has 1 aromatic heterocycles. The summed E-state index contributed by atoms with van der Waals surface area (Å²) < 4.78 is 1.49. The highest BCUT2D eigenvalue weighted by Gasteiger charge is 2.40. The van der Waals surface area contributed by atoms with Crippen molar-refractivity contribution in [1.82, 2.24) is 4.90 Å². The molecule has 7 atom stereocenters. The van der Waals surface area contributed by atoms with Gasteiger partial charge in [0.2, 0.25) is 0 Å². The molecule has 11 aliphatic rings. The van der Waals surface area contributed by atoms with Gasteiger partial charge in [0.1, 0.15) is 0 Å². The Balaban J connectivity index is 0.957. The van der Waals surface area contributed by atoms with Gasteiger partial charge in [0.25, 0.3) is 0 Å². The van der Waals surface area contributed by atoms with E-state index in [9.17, 15) is 0 Å². The van der Waals surface area contributed by atoms with Crippen molar-refractivity contribution < 1.29 is 0 Å². The number of allylic oxidation sites excluding steroid dienone is 28. The summed E-state index contributed by atoms with van der Waals surface area (Å²) in [6.45, 7) is 0. The molecule has 1 aromatic rings. The van der Waals surface area contributed by atoms with E-state index < -0.39 is 0 Å². The highest BCUT2D eigenvalue weighted by atomic mass is 32.2. The summed E-state index contributed by atoms with van der Waals surface area (Å²) in [5.74, 6) is 2.84. The molecule has 59 heavy (non-hydrogen) atoms. The molecule has 0 bridgehead atoms. The molecule has 0 radical (unpaired) electrons. The Hall–Kier alpha value is -4.57.